The van der Waals surface area contributed by atoms with Gasteiger partial charge in [-0.15, -0.1) is 21.5 Å². The highest BCUT2D eigenvalue weighted by Gasteiger charge is 2.42. The van der Waals surface area contributed by atoms with Crippen LogP contribution < -0.4 is 4.72 Å². The van der Waals surface area contributed by atoms with E-state index in [9.17, 15) is 21.6 Å². The summed E-state index contributed by atoms with van der Waals surface area (Å²) in [6.07, 6.45) is -4.54. The van der Waals surface area contributed by atoms with Crippen LogP contribution in [0, 0.1) is 5.92 Å². The number of hydrogen-bond acceptors (Lipinski definition) is 5. The Kier molecular flexibility index (Phi) is 4.19. The highest BCUT2D eigenvalue weighted by Crippen LogP contribution is 2.34. The van der Waals surface area contributed by atoms with Gasteiger partial charge >= 0.3 is 6.18 Å². The number of sulfonamides is 1. The lowest BCUT2D eigenvalue weighted by Crippen LogP contribution is -2.32. The molecule has 0 radical (unpaired) electrons. The van der Waals surface area contributed by atoms with Gasteiger partial charge in [0, 0.05) is 13.0 Å². The molecular weight excluding hydrogens is 353 g/mol. The van der Waals surface area contributed by atoms with Crippen LogP contribution in [0.15, 0.2) is 21.7 Å². The van der Waals surface area contributed by atoms with Crippen molar-refractivity contribution in [1.29, 1.82) is 0 Å². The summed E-state index contributed by atoms with van der Waals surface area (Å²) in [6, 6.07) is 3.09. The minimum Gasteiger partial charge on any atom is -0.314 e. The molecule has 126 valence electrons. The minimum absolute atomic E-state index is 0.0563. The molecule has 1 atom stereocenters. The summed E-state index contributed by atoms with van der Waals surface area (Å²) in [5.74, 6) is -0.862. The second-order valence-electron chi connectivity index (χ2n) is 5.17. The summed E-state index contributed by atoms with van der Waals surface area (Å²) in [5.41, 5.74) is 0. The van der Waals surface area contributed by atoms with Gasteiger partial charge in [0.2, 0.25) is 10.0 Å². The quantitative estimate of drug-likeness (QED) is 0.897. The molecule has 0 saturated carbocycles. The van der Waals surface area contributed by atoms with Crippen molar-refractivity contribution in [3.63, 3.8) is 0 Å². The summed E-state index contributed by atoms with van der Waals surface area (Å²) in [4.78, 5) is 0. The number of thiophene rings is 1. The van der Waals surface area contributed by atoms with E-state index in [1.807, 2.05) is 0 Å². The first-order valence-corrected chi connectivity index (χ1v) is 9.14. The first-order valence-electron chi connectivity index (χ1n) is 6.78. The van der Waals surface area contributed by atoms with Crippen LogP contribution in [-0.4, -0.2) is 29.4 Å². The molecule has 0 fully saturated rings. The van der Waals surface area contributed by atoms with Crippen molar-refractivity contribution in [1.82, 2.24) is 19.5 Å². The van der Waals surface area contributed by atoms with E-state index in [2.05, 4.69) is 14.9 Å². The number of aromatic nitrogens is 3. The van der Waals surface area contributed by atoms with Crippen molar-refractivity contribution in [3.05, 3.63) is 29.2 Å². The molecule has 1 aliphatic heterocycles. The van der Waals surface area contributed by atoms with E-state index in [4.69, 9.17) is 0 Å². The predicted octanol–water partition coefficient (Wildman–Crippen LogP) is 1.94. The summed E-state index contributed by atoms with van der Waals surface area (Å²) >= 11 is 1.08. The van der Waals surface area contributed by atoms with Gasteiger partial charge in [-0.1, -0.05) is 6.07 Å². The number of rotatable bonds is 4. The number of hydrogen-bond donors (Lipinski definition) is 1. The Bertz CT molecular complexity index is 784. The first kappa shape index (κ1) is 16.4. The van der Waals surface area contributed by atoms with Crippen LogP contribution in [0.1, 0.15) is 18.1 Å². The molecular formula is C12H13F3N4O2S2. The van der Waals surface area contributed by atoms with Crippen LogP contribution in [-0.2, 0) is 29.5 Å². The summed E-state index contributed by atoms with van der Waals surface area (Å²) in [7, 11) is -3.65. The topological polar surface area (TPSA) is 76.9 Å². The third-order valence-corrected chi connectivity index (χ3v) is 6.48. The lowest BCUT2D eigenvalue weighted by molar-refractivity contribution is -0.179. The van der Waals surface area contributed by atoms with E-state index in [1.165, 1.54) is 6.07 Å². The number of alkyl halides is 3. The van der Waals surface area contributed by atoms with Crippen LogP contribution in [0.3, 0.4) is 0 Å². The van der Waals surface area contributed by atoms with Gasteiger partial charge in [0.05, 0.1) is 12.5 Å². The lowest BCUT2D eigenvalue weighted by Gasteiger charge is -2.25. The van der Waals surface area contributed by atoms with Crippen molar-refractivity contribution >= 4 is 21.4 Å². The maximum atomic E-state index is 12.8. The van der Waals surface area contributed by atoms with E-state index in [0.29, 0.717) is 5.82 Å². The molecule has 3 heterocycles. The number of nitrogens with one attached hydrogen (secondary N) is 1. The zero-order valence-corrected chi connectivity index (χ0v) is 13.4. The maximum Gasteiger partial charge on any atom is 0.392 e. The highest BCUT2D eigenvalue weighted by molar-refractivity contribution is 7.91. The second kappa shape index (κ2) is 5.87. The zero-order valence-electron chi connectivity index (χ0n) is 11.7. The van der Waals surface area contributed by atoms with Gasteiger partial charge < -0.3 is 4.57 Å². The number of nitrogens with zero attached hydrogens (tertiary/aromatic N) is 3. The molecule has 0 saturated heterocycles. The SMILES string of the molecule is O=S(=O)(NCc1nnc2n1CC[C@H](C(F)(F)F)C2)c1cccs1. The van der Waals surface area contributed by atoms with Gasteiger partial charge in [0.15, 0.2) is 0 Å². The number of fused-ring (bicyclic) bond motifs is 1. The van der Waals surface area contributed by atoms with Crippen LogP contribution in [0.4, 0.5) is 13.2 Å². The second-order valence-corrected chi connectivity index (χ2v) is 8.11. The standard InChI is InChI=1S/C12H13F3N4O2S2/c13-12(14,15)8-3-4-19-9(6-8)17-18-10(19)7-16-23(20,21)11-2-1-5-22-11/h1-2,5,8,16H,3-4,6-7H2/t8-/m0/s1. The molecule has 0 amide bonds. The Hall–Kier alpha value is -1.46. The van der Waals surface area contributed by atoms with E-state index in [-0.39, 0.29) is 36.0 Å². The third kappa shape index (κ3) is 3.40. The summed E-state index contributed by atoms with van der Waals surface area (Å²) in [5, 5.41) is 9.23. The van der Waals surface area contributed by atoms with Crippen LogP contribution in [0.25, 0.3) is 0 Å². The fourth-order valence-corrected chi connectivity index (χ4v) is 4.46. The van der Waals surface area contributed by atoms with Crippen molar-refractivity contribution < 1.29 is 21.6 Å². The molecule has 0 bridgehead atoms. The third-order valence-electron chi connectivity index (χ3n) is 3.68. The molecule has 3 rings (SSSR count). The molecule has 23 heavy (non-hydrogen) atoms. The van der Waals surface area contributed by atoms with Crippen molar-refractivity contribution in [2.45, 2.75) is 36.3 Å². The normalized spacial score (nSPS) is 18.8. The van der Waals surface area contributed by atoms with Crippen LogP contribution in [0.2, 0.25) is 0 Å². The molecule has 2 aromatic heterocycles. The molecule has 0 spiro atoms. The maximum absolute atomic E-state index is 12.8. The Labute approximate surface area is 134 Å². The summed E-state index contributed by atoms with van der Waals surface area (Å²) in [6.45, 7) is 0.0203. The molecule has 0 aliphatic carbocycles. The first-order chi connectivity index (χ1) is 10.8. The average Bonchev–Trinajstić information content (AvgIpc) is 3.14. The van der Waals surface area contributed by atoms with Crippen molar-refractivity contribution in [2.75, 3.05) is 0 Å². The Morgan fingerprint density at radius 2 is 2.17 bits per heavy atom. The largest absolute Gasteiger partial charge is 0.392 e. The van der Waals surface area contributed by atoms with Crippen molar-refractivity contribution in [3.8, 4) is 0 Å². The molecule has 0 unspecified atom stereocenters. The molecule has 1 N–H and O–H groups in total. The van der Waals surface area contributed by atoms with Crippen molar-refractivity contribution in [2.24, 2.45) is 5.92 Å². The van der Waals surface area contributed by atoms with E-state index in [1.54, 1.807) is 16.0 Å². The van der Waals surface area contributed by atoms with Gasteiger partial charge in [0.25, 0.3) is 0 Å². The molecule has 11 heteroatoms. The van der Waals surface area contributed by atoms with Gasteiger partial charge in [-0.2, -0.15) is 13.2 Å². The van der Waals surface area contributed by atoms with E-state index < -0.39 is 22.1 Å². The Morgan fingerprint density at radius 3 is 2.83 bits per heavy atom. The lowest BCUT2D eigenvalue weighted by atomic mass is 9.97. The Morgan fingerprint density at radius 1 is 1.39 bits per heavy atom. The fourth-order valence-electron chi connectivity index (χ4n) is 2.45. The molecule has 6 nitrogen and oxygen atoms in total. The average molecular weight is 366 g/mol. The van der Waals surface area contributed by atoms with E-state index >= 15 is 0 Å². The van der Waals surface area contributed by atoms with Gasteiger partial charge in [-0.25, -0.2) is 13.1 Å². The molecule has 2 aromatic rings. The highest BCUT2D eigenvalue weighted by atomic mass is 32.2. The smallest absolute Gasteiger partial charge is 0.314 e. The van der Waals surface area contributed by atoms with Gasteiger partial charge in [0.1, 0.15) is 15.9 Å². The van der Waals surface area contributed by atoms with Crippen LogP contribution in [0.5, 0.6) is 0 Å². The summed E-state index contributed by atoms with van der Waals surface area (Å²) < 4.78 is 66.5. The van der Waals surface area contributed by atoms with E-state index in [0.717, 1.165) is 11.3 Å². The van der Waals surface area contributed by atoms with Gasteiger partial charge in [-0.05, 0) is 17.9 Å². The number of halogens is 3. The minimum atomic E-state index is -4.25. The predicted molar refractivity (Wildman–Crippen MR) is 76.2 cm³/mol. The molecule has 1 aliphatic rings. The van der Waals surface area contributed by atoms with Gasteiger partial charge in [-0.3, -0.25) is 0 Å². The Balaban J connectivity index is 1.71. The zero-order chi connectivity index (χ0) is 16.7. The monoisotopic (exact) mass is 366 g/mol. The van der Waals surface area contributed by atoms with Crippen LogP contribution >= 0.6 is 11.3 Å². The molecule has 0 aromatic carbocycles. The fraction of sp³-hybridized carbons (Fsp3) is 0.500.